The van der Waals surface area contributed by atoms with Crippen LogP contribution in [0.3, 0.4) is 0 Å². The van der Waals surface area contributed by atoms with Gasteiger partial charge in [-0.05, 0) is 60.9 Å². The summed E-state index contributed by atoms with van der Waals surface area (Å²) in [6, 6.07) is 18.2. The Bertz CT molecular complexity index is 1430. The lowest BCUT2D eigenvalue weighted by atomic mass is 10.1. The first-order valence-corrected chi connectivity index (χ1v) is 12.6. The van der Waals surface area contributed by atoms with Crippen molar-refractivity contribution in [3.63, 3.8) is 0 Å². The van der Waals surface area contributed by atoms with Crippen LogP contribution in [0.2, 0.25) is 5.02 Å². The molecule has 2 N–H and O–H groups in total. The molecule has 1 aliphatic rings. The van der Waals surface area contributed by atoms with Crippen molar-refractivity contribution in [2.45, 2.75) is 25.4 Å². The molecule has 9 nitrogen and oxygen atoms in total. The van der Waals surface area contributed by atoms with E-state index in [4.69, 9.17) is 21.1 Å². The molecule has 0 unspecified atom stereocenters. The number of hydrogen-bond acceptors (Lipinski definition) is 8. The Morgan fingerprint density at radius 3 is 2.50 bits per heavy atom. The molecule has 3 heterocycles. The van der Waals surface area contributed by atoms with E-state index in [1.54, 1.807) is 30.5 Å². The van der Waals surface area contributed by atoms with Gasteiger partial charge < -0.3 is 24.7 Å². The van der Waals surface area contributed by atoms with Crippen LogP contribution < -0.4 is 20.9 Å². The first-order chi connectivity index (χ1) is 18.6. The fourth-order valence-electron chi connectivity index (χ4n) is 4.04. The topological polar surface area (TPSA) is 107 Å². The molecule has 2 aromatic heterocycles. The van der Waals surface area contributed by atoms with Gasteiger partial charge in [-0.1, -0.05) is 23.7 Å². The van der Waals surface area contributed by atoms with E-state index in [0.29, 0.717) is 53.6 Å². The third-order valence-electron chi connectivity index (χ3n) is 6.07. The second-order valence-electron chi connectivity index (χ2n) is 8.87. The van der Waals surface area contributed by atoms with E-state index in [0.717, 1.165) is 30.4 Å². The van der Waals surface area contributed by atoms with Crippen LogP contribution in [0.5, 0.6) is 11.6 Å². The smallest absolute Gasteiger partial charge is 0.297 e. The Morgan fingerprint density at radius 2 is 1.82 bits per heavy atom. The van der Waals surface area contributed by atoms with E-state index in [-0.39, 0.29) is 11.6 Å². The number of carbonyl (C=O) groups is 1. The number of nitrogens with one attached hydrogen (secondary N) is 2. The molecular formula is C28H26ClN5O4. The minimum atomic E-state index is -0.337. The summed E-state index contributed by atoms with van der Waals surface area (Å²) < 4.78 is 13.1. The molecule has 0 bridgehead atoms. The summed E-state index contributed by atoms with van der Waals surface area (Å²) in [4.78, 5) is 32.2. The van der Waals surface area contributed by atoms with Gasteiger partial charge >= 0.3 is 0 Å². The molecule has 0 spiro atoms. The van der Waals surface area contributed by atoms with Gasteiger partial charge in [-0.3, -0.25) is 9.59 Å². The molecule has 0 atom stereocenters. The molecule has 5 rings (SSSR count). The van der Waals surface area contributed by atoms with Crippen molar-refractivity contribution in [2.75, 3.05) is 23.8 Å². The predicted octanol–water partition coefficient (Wildman–Crippen LogP) is 5.28. The fraction of sp³-hybridized carbons (Fsp3) is 0.214. The number of nitrogens with zero attached hydrogens (tertiary/aromatic N) is 3. The van der Waals surface area contributed by atoms with Crippen LogP contribution in [-0.4, -0.2) is 40.1 Å². The second-order valence-corrected chi connectivity index (χ2v) is 9.30. The standard InChI is InChI=1S/C28H26ClN5O4/c29-21-4-1-19(2-5-21)16-34-17-25(31-23-11-13-37-14-12-23)27(36)33-28(34)32-22-6-8-24(9-7-22)38-26-10-3-20(18-35)15-30-26/h1-10,15,17-18,23,31H,11-14,16H2,(H,32,33,36). The first-order valence-electron chi connectivity index (χ1n) is 12.2. The molecule has 1 fully saturated rings. The van der Waals surface area contributed by atoms with Crippen LogP contribution in [0, 0.1) is 0 Å². The second kappa shape index (κ2) is 11.9. The first kappa shape index (κ1) is 25.4. The average molecular weight is 532 g/mol. The average Bonchev–Trinajstić information content (AvgIpc) is 2.94. The molecule has 0 radical (unpaired) electrons. The SMILES string of the molecule is O=Cc1ccc(Oc2ccc(Nc3nc(=O)c(NC4CCOCC4)cn3Cc3ccc(Cl)cc3)cc2)nc1. The maximum Gasteiger partial charge on any atom is 0.297 e. The number of benzene rings is 2. The number of hydrogen-bond donors (Lipinski definition) is 2. The zero-order valence-corrected chi connectivity index (χ0v) is 21.2. The molecule has 194 valence electrons. The maximum absolute atomic E-state index is 12.9. The number of carbonyl (C=O) groups excluding carboxylic acids is 1. The summed E-state index contributed by atoms with van der Waals surface area (Å²) in [7, 11) is 0. The maximum atomic E-state index is 12.9. The molecule has 10 heteroatoms. The molecule has 0 amide bonds. The molecule has 0 aliphatic carbocycles. The minimum Gasteiger partial charge on any atom is -0.439 e. The largest absolute Gasteiger partial charge is 0.439 e. The van der Waals surface area contributed by atoms with E-state index in [1.165, 1.54) is 6.20 Å². The van der Waals surface area contributed by atoms with E-state index in [2.05, 4.69) is 20.6 Å². The monoisotopic (exact) mass is 531 g/mol. The van der Waals surface area contributed by atoms with Crippen molar-refractivity contribution in [2.24, 2.45) is 0 Å². The lowest BCUT2D eigenvalue weighted by Gasteiger charge is -2.24. The summed E-state index contributed by atoms with van der Waals surface area (Å²) >= 11 is 6.06. The van der Waals surface area contributed by atoms with Crippen LogP contribution in [0.4, 0.5) is 17.3 Å². The molecule has 1 aliphatic heterocycles. The number of aldehydes is 1. The van der Waals surface area contributed by atoms with Crippen LogP contribution in [0.1, 0.15) is 28.8 Å². The van der Waals surface area contributed by atoms with Crippen molar-refractivity contribution >= 4 is 35.2 Å². The van der Waals surface area contributed by atoms with Crippen LogP contribution in [0.15, 0.2) is 77.9 Å². The predicted molar refractivity (Wildman–Crippen MR) is 146 cm³/mol. The summed E-state index contributed by atoms with van der Waals surface area (Å²) in [5, 5.41) is 7.25. The quantitative estimate of drug-likeness (QED) is 0.281. The normalized spacial score (nSPS) is 13.6. The van der Waals surface area contributed by atoms with Crippen molar-refractivity contribution < 1.29 is 14.3 Å². The van der Waals surface area contributed by atoms with E-state index < -0.39 is 0 Å². The van der Waals surface area contributed by atoms with Gasteiger partial charge in [0.2, 0.25) is 11.8 Å². The Morgan fingerprint density at radius 1 is 1.05 bits per heavy atom. The summed E-state index contributed by atoms with van der Waals surface area (Å²) in [5.41, 5.74) is 2.33. The molecule has 4 aromatic rings. The summed E-state index contributed by atoms with van der Waals surface area (Å²) in [6.45, 7) is 1.83. The van der Waals surface area contributed by atoms with Crippen molar-refractivity contribution in [3.05, 3.63) is 99.6 Å². The van der Waals surface area contributed by atoms with Gasteiger partial charge in [0.1, 0.15) is 11.4 Å². The zero-order chi connectivity index (χ0) is 26.3. The molecular weight excluding hydrogens is 506 g/mol. The Balaban J connectivity index is 1.36. The van der Waals surface area contributed by atoms with Gasteiger partial charge in [-0.15, -0.1) is 0 Å². The number of anilines is 3. The van der Waals surface area contributed by atoms with Gasteiger partial charge in [0.25, 0.3) is 5.56 Å². The third kappa shape index (κ3) is 6.56. The highest BCUT2D eigenvalue weighted by atomic mass is 35.5. The number of pyridine rings is 1. The zero-order valence-electron chi connectivity index (χ0n) is 20.5. The van der Waals surface area contributed by atoms with Gasteiger partial charge in [0.15, 0.2) is 6.29 Å². The third-order valence-corrected chi connectivity index (χ3v) is 6.32. The summed E-state index contributed by atoms with van der Waals surface area (Å²) in [6.07, 6.45) is 5.65. The van der Waals surface area contributed by atoms with E-state index in [9.17, 15) is 9.59 Å². The molecule has 1 saturated heterocycles. The van der Waals surface area contributed by atoms with Gasteiger partial charge in [-0.25, -0.2) is 4.98 Å². The van der Waals surface area contributed by atoms with E-state index >= 15 is 0 Å². The van der Waals surface area contributed by atoms with Crippen LogP contribution in [0.25, 0.3) is 0 Å². The Kier molecular flexibility index (Phi) is 7.96. The van der Waals surface area contributed by atoms with Crippen molar-refractivity contribution in [1.82, 2.24) is 14.5 Å². The highest BCUT2D eigenvalue weighted by Gasteiger charge is 2.17. The van der Waals surface area contributed by atoms with Crippen LogP contribution in [-0.2, 0) is 11.3 Å². The number of aromatic nitrogens is 3. The Hall–Kier alpha value is -4.21. The lowest BCUT2D eigenvalue weighted by Crippen LogP contribution is -2.31. The number of ether oxygens (including phenoxy) is 2. The minimum absolute atomic E-state index is 0.165. The van der Waals surface area contributed by atoms with Crippen molar-refractivity contribution in [1.29, 1.82) is 0 Å². The molecule has 2 aromatic carbocycles. The van der Waals surface area contributed by atoms with Crippen molar-refractivity contribution in [3.8, 4) is 11.6 Å². The Labute approximate surface area is 224 Å². The lowest BCUT2D eigenvalue weighted by molar-refractivity contribution is 0.0904. The fourth-order valence-corrected chi connectivity index (χ4v) is 4.16. The highest BCUT2D eigenvalue weighted by Crippen LogP contribution is 2.24. The van der Waals surface area contributed by atoms with Gasteiger partial charge in [0.05, 0.1) is 6.54 Å². The van der Waals surface area contributed by atoms with Crippen LogP contribution >= 0.6 is 11.6 Å². The summed E-state index contributed by atoms with van der Waals surface area (Å²) in [5.74, 6) is 1.36. The van der Waals surface area contributed by atoms with E-state index in [1.807, 2.05) is 41.0 Å². The van der Waals surface area contributed by atoms with Gasteiger partial charge in [-0.2, -0.15) is 4.98 Å². The van der Waals surface area contributed by atoms with Gasteiger partial charge in [0, 0.05) is 54.0 Å². The highest BCUT2D eigenvalue weighted by molar-refractivity contribution is 6.30. The number of rotatable bonds is 9. The molecule has 38 heavy (non-hydrogen) atoms. The number of halogens is 1. The molecule has 0 saturated carbocycles.